The van der Waals surface area contributed by atoms with Crippen molar-refractivity contribution in [2.24, 2.45) is 0 Å². The minimum atomic E-state index is 1.04. The van der Waals surface area contributed by atoms with E-state index in [4.69, 9.17) is 0 Å². The molecule has 0 aliphatic heterocycles. The van der Waals surface area contributed by atoms with Crippen molar-refractivity contribution in [3.63, 3.8) is 0 Å². The van der Waals surface area contributed by atoms with Gasteiger partial charge in [0.05, 0.1) is 5.52 Å². The molecule has 19 heavy (non-hydrogen) atoms. The molecule has 0 saturated carbocycles. The minimum Gasteiger partial charge on any atom is -0.378 e. The molecule has 1 heterocycles. The fourth-order valence-electron chi connectivity index (χ4n) is 2.20. The second-order valence-corrected chi connectivity index (χ2v) is 4.85. The van der Waals surface area contributed by atoms with Gasteiger partial charge in [-0.15, -0.1) is 0 Å². The molecule has 0 aliphatic rings. The summed E-state index contributed by atoms with van der Waals surface area (Å²) in [5, 5.41) is 1.18. The molecule has 3 aromatic rings. The van der Waals surface area contributed by atoms with E-state index < -0.39 is 0 Å². The van der Waals surface area contributed by atoms with Gasteiger partial charge in [0.25, 0.3) is 0 Å². The predicted octanol–water partition coefficient (Wildman–Crippen LogP) is 3.97. The average molecular weight is 248 g/mol. The molecule has 0 N–H and O–H groups in total. The lowest BCUT2D eigenvalue weighted by Crippen LogP contribution is -2.07. The molecule has 0 aliphatic carbocycles. The molecule has 94 valence electrons. The molecular weight excluding hydrogens is 232 g/mol. The highest BCUT2D eigenvalue weighted by molar-refractivity contribution is 5.84. The lowest BCUT2D eigenvalue weighted by Gasteiger charge is -2.12. The van der Waals surface area contributed by atoms with E-state index in [9.17, 15) is 0 Å². The lowest BCUT2D eigenvalue weighted by atomic mass is 10.0. The fraction of sp³-hybridized carbons (Fsp3) is 0.118. The van der Waals surface area contributed by atoms with E-state index >= 15 is 0 Å². The third-order valence-corrected chi connectivity index (χ3v) is 3.32. The molecule has 0 unspecified atom stereocenters. The van der Waals surface area contributed by atoms with E-state index in [-0.39, 0.29) is 0 Å². The second kappa shape index (κ2) is 4.73. The van der Waals surface area contributed by atoms with Gasteiger partial charge >= 0.3 is 0 Å². The van der Waals surface area contributed by atoms with Gasteiger partial charge in [0, 0.05) is 31.4 Å². The van der Waals surface area contributed by atoms with Crippen LogP contribution in [0.4, 0.5) is 5.69 Å². The van der Waals surface area contributed by atoms with Crippen LogP contribution in [0.2, 0.25) is 0 Å². The van der Waals surface area contributed by atoms with Crippen molar-refractivity contribution < 1.29 is 0 Å². The Balaban J connectivity index is 2.03. The van der Waals surface area contributed by atoms with Crippen LogP contribution in [-0.2, 0) is 0 Å². The van der Waals surface area contributed by atoms with Crippen LogP contribution in [0, 0.1) is 0 Å². The topological polar surface area (TPSA) is 16.1 Å². The maximum Gasteiger partial charge on any atom is 0.0708 e. The zero-order valence-corrected chi connectivity index (χ0v) is 11.2. The van der Waals surface area contributed by atoms with Crippen molar-refractivity contribution in [2.45, 2.75) is 0 Å². The van der Waals surface area contributed by atoms with Crippen molar-refractivity contribution in [1.29, 1.82) is 0 Å². The van der Waals surface area contributed by atoms with E-state index in [1.54, 1.807) is 0 Å². The summed E-state index contributed by atoms with van der Waals surface area (Å²) in [6.45, 7) is 0. The van der Waals surface area contributed by atoms with Crippen molar-refractivity contribution >= 4 is 16.6 Å². The number of rotatable bonds is 2. The summed E-state index contributed by atoms with van der Waals surface area (Å²) in [7, 11) is 4.10. The Hall–Kier alpha value is -2.35. The van der Waals surface area contributed by atoms with E-state index in [0.29, 0.717) is 0 Å². The van der Waals surface area contributed by atoms with Gasteiger partial charge < -0.3 is 4.90 Å². The number of fused-ring (bicyclic) bond motifs is 1. The van der Waals surface area contributed by atoms with Crippen LogP contribution in [0.25, 0.3) is 22.0 Å². The van der Waals surface area contributed by atoms with Crippen molar-refractivity contribution in [3.05, 3.63) is 60.8 Å². The highest BCUT2D eigenvalue weighted by atomic mass is 15.1. The maximum atomic E-state index is 4.40. The molecule has 0 radical (unpaired) electrons. The first-order valence-corrected chi connectivity index (χ1v) is 6.36. The molecule has 0 atom stereocenters. The summed E-state index contributed by atoms with van der Waals surface area (Å²) >= 11 is 0. The van der Waals surface area contributed by atoms with Crippen LogP contribution >= 0.6 is 0 Å². The third-order valence-electron chi connectivity index (χ3n) is 3.32. The standard InChI is InChI=1S/C17H16N2/c1-19(2)16-9-7-13(8-10-16)15-6-5-14-4-3-11-18-17(14)12-15/h3-12H,1-2H3. The Morgan fingerprint density at radius 1 is 0.842 bits per heavy atom. The van der Waals surface area contributed by atoms with Gasteiger partial charge in [-0.25, -0.2) is 0 Å². The summed E-state index contributed by atoms with van der Waals surface area (Å²) in [6, 6.07) is 19.0. The largest absolute Gasteiger partial charge is 0.378 e. The predicted molar refractivity (Wildman–Crippen MR) is 81.5 cm³/mol. The third kappa shape index (κ3) is 2.29. The summed E-state index contributed by atoms with van der Waals surface area (Å²) < 4.78 is 0. The summed E-state index contributed by atoms with van der Waals surface area (Å²) in [6.07, 6.45) is 1.83. The average Bonchev–Trinajstić information content (AvgIpc) is 2.47. The molecule has 0 fully saturated rings. The van der Waals surface area contributed by atoms with Gasteiger partial charge in [-0.2, -0.15) is 0 Å². The Morgan fingerprint density at radius 2 is 1.58 bits per heavy atom. The minimum absolute atomic E-state index is 1.04. The molecule has 0 saturated heterocycles. The maximum absolute atomic E-state index is 4.40. The summed E-state index contributed by atoms with van der Waals surface area (Å²) in [5.41, 5.74) is 4.68. The zero-order chi connectivity index (χ0) is 13.2. The van der Waals surface area contributed by atoms with E-state index in [0.717, 1.165) is 5.52 Å². The van der Waals surface area contributed by atoms with E-state index in [1.807, 2.05) is 12.3 Å². The molecule has 1 aromatic heterocycles. The van der Waals surface area contributed by atoms with Gasteiger partial charge in [0.15, 0.2) is 0 Å². The van der Waals surface area contributed by atoms with Crippen LogP contribution in [-0.4, -0.2) is 19.1 Å². The summed E-state index contributed by atoms with van der Waals surface area (Å²) in [5.74, 6) is 0. The van der Waals surface area contributed by atoms with E-state index in [2.05, 4.69) is 72.5 Å². The molecule has 0 bridgehead atoms. The highest BCUT2D eigenvalue weighted by Crippen LogP contribution is 2.25. The first-order valence-electron chi connectivity index (χ1n) is 6.36. The van der Waals surface area contributed by atoms with Crippen LogP contribution in [0.3, 0.4) is 0 Å². The Morgan fingerprint density at radius 3 is 2.32 bits per heavy atom. The smallest absolute Gasteiger partial charge is 0.0708 e. The van der Waals surface area contributed by atoms with Crippen LogP contribution in [0.1, 0.15) is 0 Å². The lowest BCUT2D eigenvalue weighted by molar-refractivity contribution is 1.13. The van der Waals surface area contributed by atoms with Gasteiger partial charge in [0.2, 0.25) is 0 Å². The molecular formula is C17H16N2. The SMILES string of the molecule is CN(C)c1ccc(-c2ccc3cccnc3c2)cc1. The zero-order valence-electron chi connectivity index (χ0n) is 11.2. The van der Waals surface area contributed by atoms with Gasteiger partial charge in [-0.1, -0.05) is 30.3 Å². The molecule has 2 heteroatoms. The number of anilines is 1. The molecule has 3 rings (SSSR count). The molecule has 0 spiro atoms. The highest BCUT2D eigenvalue weighted by Gasteiger charge is 2.01. The van der Waals surface area contributed by atoms with Crippen molar-refractivity contribution in [1.82, 2.24) is 4.98 Å². The Labute approximate surface area is 113 Å². The van der Waals surface area contributed by atoms with Gasteiger partial charge in [-0.05, 0) is 35.4 Å². The normalized spacial score (nSPS) is 10.6. The number of pyridine rings is 1. The molecule has 2 aromatic carbocycles. The number of nitrogens with zero attached hydrogens (tertiary/aromatic N) is 2. The Bertz CT molecular complexity index is 700. The van der Waals surface area contributed by atoms with E-state index in [1.165, 1.54) is 22.2 Å². The van der Waals surface area contributed by atoms with Crippen molar-refractivity contribution in [2.75, 3.05) is 19.0 Å². The number of hydrogen-bond donors (Lipinski definition) is 0. The number of benzene rings is 2. The Kier molecular flexibility index (Phi) is 2.92. The van der Waals surface area contributed by atoms with Crippen LogP contribution in [0.5, 0.6) is 0 Å². The van der Waals surface area contributed by atoms with Gasteiger partial charge in [-0.3, -0.25) is 4.98 Å². The molecule has 0 amide bonds. The number of hydrogen-bond acceptors (Lipinski definition) is 2. The first kappa shape index (κ1) is 11.7. The van der Waals surface area contributed by atoms with Crippen LogP contribution in [0.15, 0.2) is 60.8 Å². The second-order valence-electron chi connectivity index (χ2n) is 4.85. The van der Waals surface area contributed by atoms with Gasteiger partial charge in [0.1, 0.15) is 0 Å². The number of aromatic nitrogens is 1. The summed E-state index contributed by atoms with van der Waals surface area (Å²) in [4.78, 5) is 6.51. The molecule has 2 nitrogen and oxygen atoms in total. The monoisotopic (exact) mass is 248 g/mol. The van der Waals surface area contributed by atoms with Crippen LogP contribution < -0.4 is 4.90 Å². The fourth-order valence-corrected chi connectivity index (χ4v) is 2.20. The quantitative estimate of drug-likeness (QED) is 0.682. The van der Waals surface area contributed by atoms with Crippen molar-refractivity contribution in [3.8, 4) is 11.1 Å². The first-order chi connectivity index (χ1) is 9.24.